The molecule has 1 spiro atoms. The number of hydrogen-bond acceptors (Lipinski definition) is 4. The van der Waals surface area contributed by atoms with Gasteiger partial charge in [-0.05, 0) is 31.6 Å². The fourth-order valence-corrected chi connectivity index (χ4v) is 4.08. The van der Waals surface area contributed by atoms with Crippen LogP contribution in [-0.4, -0.2) is 42.9 Å². The van der Waals surface area contributed by atoms with E-state index in [-0.39, 0.29) is 28.5 Å². The minimum absolute atomic E-state index is 0. The largest absolute Gasteiger partial charge is 0.493 e. The summed E-state index contributed by atoms with van der Waals surface area (Å²) in [5.41, 5.74) is 2.48. The molecular formula is C17H22BrNO3. The van der Waals surface area contributed by atoms with E-state index in [1.807, 2.05) is 12.1 Å². The van der Waals surface area contributed by atoms with Gasteiger partial charge in [0.1, 0.15) is 6.10 Å². The van der Waals surface area contributed by atoms with E-state index in [1.54, 1.807) is 7.11 Å². The molecule has 1 aromatic carbocycles. The Morgan fingerprint density at radius 3 is 3.00 bits per heavy atom. The highest BCUT2D eigenvalue weighted by Crippen LogP contribution is 2.55. The lowest BCUT2D eigenvalue weighted by Crippen LogP contribution is -2.42. The van der Waals surface area contributed by atoms with E-state index in [2.05, 4.69) is 24.1 Å². The van der Waals surface area contributed by atoms with Crippen molar-refractivity contribution in [2.24, 2.45) is 0 Å². The predicted octanol–water partition coefficient (Wildman–Crippen LogP) is 2.43. The van der Waals surface area contributed by atoms with Crippen molar-refractivity contribution in [1.82, 2.24) is 4.90 Å². The quantitative estimate of drug-likeness (QED) is 0.774. The SMILES string of the molecule is Br.COc1ccc2c3c1O[C@@H]1C[C@H](O)C=C[C@]31CCN(C)C2. The number of rotatable bonds is 1. The Morgan fingerprint density at radius 1 is 1.41 bits per heavy atom. The number of nitrogens with zero attached hydrogens (tertiary/aromatic N) is 1. The molecule has 0 radical (unpaired) electrons. The first-order valence-electron chi connectivity index (χ1n) is 7.57. The van der Waals surface area contributed by atoms with Crippen molar-refractivity contribution in [3.05, 3.63) is 35.4 Å². The van der Waals surface area contributed by atoms with Gasteiger partial charge in [0, 0.05) is 18.5 Å². The van der Waals surface area contributed by atoms with Crippen LogP contribution in [-0.2, 0) is 12.0 Å². The number of aliphatic hydroxyl groups is 1. The lowest BCUT2D eigenvalue weighted by atomic mass is 9.69. The van der Waals surface area contributed by atoms with Crippen molar-refractivity contribution in [1.29, 1.82) is 0 Å². The van der Waals surface area contributed by atoms with Gasteiger partial charge in [-0.25, -0.2) is 0 Å². The van der Waals surface area contributed by atoms with Crippen LogP contribution in [0.25, 0.3) is 0 Å². The highest BCUT2D eigenvalue weighted by Gasteiger charge is 2.52. The third-order valence-electron chi connectivity index (χ3n) is 5.15. The zero-order valence-electron chi connectivity index (χ0n) is 12.9. The lowest BCUT2D eigenvalue weighted by molar-refractivity contribution is 0.0821. The Bertz CT molecular complexity index is 618. The van der Waals surface area contributed by atoms with Gasteiger partial charge in [-0.3, -0.25) is 0 Å². The molecule has 4 nitrogen and oxygen atoms in total. The molecule has 0 aromatic heterocycles. The minimum atomic E-state index is -0.412. The average Bonchev–Trinajstić information content (AvgIpc) is 2.72. The molecule has 5 heteroatoms. The second-order valence-electron chi connectivity index (χ2n) is 6.43. The van der Waals surface area contributed by atoms with Crippen LogP contribution in [0.15, 0.2) is 24.3 Å². The van der Waals surface area contributed by atoms with Crippen LogP contribution in [0.5, 0.6) is 11.5 Å². The number of aliphatic hydroxyl groups excluding tert-OH is 1. The van der Waals surface area contributed by atoms with Gasteiger partial charge in [0.05, 0.1) is 18.6 Å². The van der Waals surface area contributed by atoms with Crippen molar-refractivity contribution >= 4 is 17.0 Å². The topological polar surface area (TPSA) is 41.9 Å². The highest BCUT2D eigenvalue weighted by atomic mass is 79.9. The Morgan fingerprint density at radius 2 is 2.23 bits per heavy atom. The zero-order valence-corrected chi connectivity index (χ0v) is 14.6. The van der Waals surface area contributed by atoms with E-state index >= 15 is 0 Å². The van der Waals surface area contributed by atoms with Crippen LogP contribution >= 0.6 is 17.0 Å². The molecule has 3 atom stereocenters. The van der Waals surface area contributed by atoms with Crippen molar-refractivity contribution in [2.45, 2.75) is 37.0 Å². The van der Waals surface area contributed by atoms with Crippen LogP contribution in [0.2, 0.25) is 0 Å². The van der Waals surface area contributed by atoms with Gasteiger partial charge in [-0.15, -0.1) is 17.0 Å². The lowest BCUT2D eigenvalue weighted by Gasteiger charge is -2.35. The third kappa shape index (κ3) is 2.10. The zero-order chi connectivity index (χ0) is 14.6. The summed E-state index contributed by atoms with van der Waals surface area (Å²) in [6.45, 7) is 1.96. The van der Waals surface area contributed by atoms with E-state index in [0.717, 1.165) is 31.0 Å². The number of hydrogen-bond donors (Lipinski definition) is 1. The molecule has 2 heterocycles. The van der Waals surface area contributed by atoms with Crippen LogP contribution in [0.1, 0.15) is 24.0 Å². The summed E-state index contributed by atoms with van der Waals surface area (Å²) in [7, 11) is 3.84. The van der Waals surface area contributed by atoms with E-state index in [4.69, 9.17) is 9.47 Å². The van der Waals surface area contributed by atoms with Crippen molar-refractivity contribution in [2.75, 3.05) is 20.7 Å². The van der Waals surface area contributed by atoms with Gasteiger partial charge in [0.25, 0.3) is 0 Å². The summed E-state index contributed by atoms with van der Waals surface area (Å²) < 4.78 is 11.8. The van der Waals surface area contributed by atoms with Crippen molar-refractivity contribution < 1.29 is 14.6 Å². The van der Waals surface area contributed by atoms with Crippen molar-refractivity contribution in [3.8, 4) is 11.5 Å². The molecule has 4 rings (SSSR count). The van der Waals surface area contributed by atoms with Gasteiger partial charge in [0.2, 0.25) is 0 Å². The molecule has 120 valence electrons. The van der Waals surface area contributed by atoms with Gasteiger partial charge in [-0.2, -0.15) is 0 Å². The molecule has 0 saturated carbocycles. The predicted molar refractivity (Wildman–Crippen MR) is 90.1 cm³/mol. The first kappa shape index (κ1) is 15.8. The summed E-state index contributed by atoms with van der Waals surface area (Å²) >= 11 is 0. The fraction of sp³-hybridized carbons (Fsp3) is 0.529. The van der Waals surface area contributed by atoms with E-state index in [0.29, 0.717) is 6.42 Å². The average molecular weight is 368 g/mol. The van der Waals surface area contributed by atoms with Gasteiger partial charge >= 0.3 is 0 Å². The molecule has 0 fully saturated rings. The summed E-state index contributed by atoms with van der Waals surface area (Å²) in [6.07, 6.45) is 5.38. The number of ether oxygens (including phenoxy) is 2. The molecule has 0 unspecified atom stereocenters. The number of methoxy groups -OCH3 is 1. The molecule has 1 aromatic rings. The molecule has 1 aliphatic carbocycles. The van der Waals surface area contributed by atoms with E-state index in [1.165, 1.54) is 11.1 Å². The molecule has 0 amide bonds. The highest BCUT2D eigenvalue weighted by molar-refractivity contribution is 8.93. The summed E-state index contributed by atoms with van der Waals surface area (Å²) in [5, 5.41) is 9.97. The minimum Gasteiger partial charge on any atom is -0.493 e. The van der Waals surface area contributed by atoms with Crippen LogP contribution in [0.3, 0.4) is 0 Å². The van der Waals surface area contributed by atoms with Crippen LogP contribution in [0.4, 0.5) is 0 Å². The summed E-state index contributed by atoms with van der Waals surface area (Å²) in [6, 6.07) is 4.16. The monoisotopic (exact) mass is 367 g/mol. The van der Waals surface area contributed by atoms with Crippen LogP contribution < -0.4 is 9.47 Å². The Hall–Kier alpha value is -1.04. The van der Waals surface area contributed by atoms with Gasteiger partial charge in [0.15, 0.2) is 11.5 Å². The first-order chi connectivity index (χ1) is 10.1. The summed E-state index contributed by atoms with van der Waals surface area (Å²) in [4.78, 5) is 2.35. The Labute approximate surface area is 141 Å². The standard InChI is InChI=1S/C17H21NO3.BrH/c1-18-8-7-17-6-5-12(19)9-14(17)21-16-13(20-2)4-3-11(10-18)15(16)17;/h3-6,12,14,19H,7-10H2,1-2H3;1H/t12-,14-,17-;/m1./s1. The normalized spacial score (nSPS) is 32.3. The molecule has 0 saturated heterocycles. The molecule has 2 aliphatic heterocycles. The maximum Gasteiger partial charge on any atom is 0.166 e. The third-order valence-corrected chi connectivity index (χ3v) is 5.15. The van der Waals surface area contributed by atoms with Crippen molar-refractivity contribution in [3.63, 3.8) is 0 Å². The van der Waals surface area contributed by atoms with Gasteiger partial charge in [-0.1, -0.05) is 18.2 Å². The van der Waals surface area contributed by atoms with Crippen LogP contribution in [0, 0.1) is 0 Å². The first-order valence-corrected chi connectivity index (χ1v) is 7.57. The number of halogens is 1. The molecule has 22 heavy (non-hydrogen) atoms. The second kappa shape index (κ2) is 5.55. The second-order valence-corrected chi connectivity index (χ2v) is 6.43. The summed E-state index contributed by atoms with van der Waals surface area (Å²) in [5.74, 6) is 1.68. The fourth-order valence-electron chi connectivity index (χ4n) is 4.08. The molecule has 0 bridgehead atoms. The molecule has 3 aliphatic rings. The maximum absolute atomic E-state index is 9.97. The molecule has 1 N–H and O–H groups in total. The molecular weight excluding hydrogens is 346 g/mol. The number of benzene rings is 1. The Kier molecular flexibility index (Phi) is 4.00. The van der Waals surface area contributed by atoms with E-state index in [9.17, 15) is 5.11 Å². The van der Waals surface area contributed by atoms with E-state index < -0.39 is 6.10 Å². The maximum atomic E-state index is 9.97. The van der Waals surface area contributed by atoms with Gasteiger partial charge < -0.3 is 19.5 Å². The smallest absolute Gasteiger partial charge is 0.166 e. The Balaban J connectivity index is 0.00000144.